The molecule has 1 atom stereocenters. The van der Waals surface area contributed by atoms with Crippen molar-refractivity contribution in [2.75, 3.05) is 6.61 Å². The van der Waals surface area contributed by atoms with Crippen molar-refractivity contribution in [3.8, 4) is 0 Å². The van der Waals surface area contributed by atoms with Gasteiger partial charge in [0.1, 0.15) is 6.61 Å². The zero-order valence-corrected chi connectivity index (χ0v) is 23.4. The molecule has 33 heavy (non-hydrogen) atoms. The van der Waals surface area contributed by atoms with Crippen LogP contribution in [0.2, 0.25) is 18.1 Å². The second-order valence-electron chi connectivity index (χ2n) is 8.45. The highest BCUT2D eigenvalue weighted by Gasteiger charge is 2.32. The van der Waals surface area contributed by atoms with E-state index in [4.69, 9.17) is 49.4 Å². The third-order valence-electron chi connectivity index (χ3n) is 6.49. The number of hydrogen-bond donors (Lipinski definition) is 1. The van der Waals surface area contributed by atoms with Crippen LogP contribution in [0.1, 0.15) is 44.7 Å². The monoisotopic (exact) mass is 527 g/mol. The Balaban J connectivity index is 2.12. The van der Waals surface area contributed by atoms with Gasteiger partial charge < -0.3 is 9.16 Å². The van der Waals surface area contributed by atoms with Gasteiger partial charge in [0.25, 0.3) is 3.79 Å². The van der Waals surface area contributed by atoms with Crippen LogP contribution in [0.5, 0.6) is 0 Å². The quantitative estimate of drug-likeness (QED) is 0.0983. The first-order chi connectivity index (χ1) is 15.7. The van der Waals surface area contributed by atoms with Crippen molar-refractivity contribution in [2.45, 2.75) is 75.0 Å². The summed E-state index contributed by atoms with van der Waals surface area (Å²) in [5.41, 5.74) is 2.73. The average Bonchev–Trinajstić information content (AvgIpc) is 2.80. The number of halogens is 3. The molecule has 0 aliphatic heterocycles. The van der Waals surface area contributed by atoms with E-state index in [1.165, 1.54) is 21.9 Å². The molecule has 2 aromatic rings. The number of nitrogens with one attached hydrogen (secondary N) is 1. The molecule has 7 heteroatoms. The van der Waals surface area contributed by atoms with E-state index in [1.807, 2.05) is 6.08 Å². The van der Waals surface area contributed by atoms with Crippen molar-refractivity contribution in [1.29, 1.82) is 5.41 Å². The predicted molar refractivity (Wildman–Crippen MR) is 147 cm³/mol. The van der Waals surface area contributed by atoms with Gasteiger partial charge in [-0.15, -0.1) is 0 Å². The topological polar surface area (TPSA) is 42.3 Å². The van der Waals surface area contributed by atoms with Crippen molar-refractivity contribution in [3.63, 3.8) is 0 Å². The summed E-state index contributed by atoms with van der Waals surface area (Å²) >= 11 is 17.0. The molecule has 0 heterocycles. The number of hydrogen-bond acceptors (Lipinski definition) is 3. The molecule has 2 rings (SSSR count). The van der Waals surface area contributed by atoms with Gasteiger partial charge in [0, 0.05) is 6.10 Å². The summed E-state index contributed by atoms with van der Waals surface area (Å²) in [6.45, 7) is 9.17. The first kappa shape index (κ1) is 28.2. The molecule has 2 aromatic carbocycles. The maximum absolute atomic E-state index is 7.63. The normalized spacial score (nSPS) is 13.5. The number of benzene rings is 2. The third-order valence-corrected chi connectivity index (χ3v) is 11.7. The van der Waals surface area contributed by atoms with Gasteiger partial charge in [-0.1, -0.05) is 104 Å². The maximum atomic E-state index is 7.63. The molecule has 3 nitrogen and oxygen atoms in total. The van der Waals surface area contributed by atoms with Crippen LogP contribution in [0, 0.1) is 12.3 Å². The molecule has 0 radical (unpaired) electrons. The Morgan fingerprint density at radius 2 is 1.70 bits per heavy atom. The molecule has 0 bridgehead atoms. The van der Waals surface area contributed by atoms with Gasteiger partial charge in [0.15, 0.2) is 8.32 Å². The minimum atomic E-state index is -1.83. The molecule has 0 aromatic heterocycles. The van der Waals surface area contributed by atoms with E-state index in [-0.39, 0.29) is 18.6 Å². The van der Waals surface area contributed by atoms with Crippen LogP contribution in [0.15, 0.2) is 48.6 Å². The van der Waals surface area contributed by atoms with E-state index in [1.54, 1.807) is 0 Å². The molecule has 0 aliphatic rings. The van der Waals surface area contributed by atoms with Crippen molar-refractivity contribution in [1.82, 2.24) is 0 Å². The Bertz CT molecular complexity index is 931. The lowest BCUT2D eigenvalue weighted by molar-refractivity contribution is 0.179. The van der Waals surface area contributed by atoms with Crippen LogP contribution < -0.4 is 0 Å². The first-order valence-electron chi connectivity index (χ1n) is 11.7. The predicted octanol–water partition coefficient (Wildman–Crippen LogP) is 8.78. The minimum absolute atomic E-state index is 0.138. The standard InChI is InChI=1S/C26H36Cl3NO2Si/c1-5-33(6-2,7-3)32-22(13-10-11-19-31-25(30)26(27,28)29)17-18-23-20(4)15-16-21-12-8-9-14-24(21)23/h8-12,14-16,22,30H,5-7,13,17-19H2,1-4H3/b11-10-,30-25?/t22-/m0/s1. The second kappa shape index (κ2) is 13.2. The molecule has 0 saturated carbocycles. The fraction of sp³-hybridized carbons (Fsp3) is 0.500. The molecule has 0 aliphatic carbocycles. The molecular weight excluding hydrogens is 493 g/mol. The fourth-order valence-corrected chi connectivity index (χ4v) is 7.27. The second-order valence-corrected chi connectivity index (χ2v) is 15.5. The summed E-state index contributed by atoms with van der Waals surface area (Å²) in [6.07, 6.45) is 6.80. The summed E-state index contributed by atoms with van der Waals surface area (Å²) in [5, 5.41) is 10.2. The average molecular weight is 529 g/mol. The lowest BCUT2D eigenvalue weighted by Crippen LogP contribution is -2.40. The summed E-state index contributed by atoms with van der Waals surface area (Å²) in [6, 6.07) is 16.4. The molecule has 1 N–H and O–H groups in total. The number of fused-ring (bicyclic) bond motifs is 1. The van der Waals surface area contributed by atoms with Gasteiger partial charge in [-0.05, 0) is 66.2 Å². The Labute approximate surface area is 215 Å². The molecule has 0 spiro atoms. The molecule has 0 fully saturated rings. The SMILES string of the molecule is CC[Si](CC)(CC)O[C@@H](C/C=C\COC(=N)C(Cl)(Cl)Cl)CCc1c(C)ccc2ccccc12. The third kappa shape index (κ3) is 8.29. The van der Waals surface area contributed by atoms with E-state index in [0.717, 1.165) is 37.4 Å². The maximum Gasteiger partial charge on any atom is 0.265 e. The van der Waals surface area contributed by atoms with E-state index in [9.17, 15) is 0 Å². The Morgan fingerprint density at radius 1 is 1.03 bits per heavy atom. The summed E-state index contributed by atoms with van der Waals surface area (Å²) < 4.78 is 10.3. The Morgan fingerprint density at radius 3 is 2.33 bits per heavy atom. The van der Waals surface area contributed by atoms with Crippen LogP contribution >= 0.6 is 34.8 Å². The number of ether oxygens (including phenoxy) is 1. The largest absolute Gasteiger partial charge is 0.474 e. The minimum Gasteiger partial charge on any atom is -0.474 e. The Hall–Kier alpha value is -1.04. The van der Waals surface area contributed by atoms with Crippen molar-refractivity contribution >= 4 is 59.8 Å². The smallest absolute Gasteiger partial charge is 0.265 e. The van der Waals surface area contributed by atoms with E-state index >= 15 is 0 Å². The highest BCUT2D eigenvalue weighted by molar-refractivity contribution is 6.76. The first-order valence-corrected chi connectivity index (χ1v) is 15.4. The van der Waals surface area contributed by atoms with E-state index < -0.39 is 12.1 Å². The number of rotatable bonds is 12. The van der Waals surface area contributed by atoms with Crippen molar-refractivity contribution in [2.24, 2.45) is 0 Å². The lowest BCUT2D eigenvalue weighted by atomic mass is 9.95. The molecule has 0 saturated heterocycles. The van der Waals surface area contributed by atoms with Gasteiger partial charge >= 0.3 is 0 Å². The molecule has 182 valence electrons. The summed E-state index contributed by atoms with van der Waals surface area (Å²) in [4.78, 5) is 0. The van der Waals surface area contributed by atoms with Gasteiger partial charge in [0.2, 0.25) is 5.90 Å². The molecule has 0 unspecified atom stereocenters. The fourth-order valence-electron chi connectivity index (χ4n) is 4.19. The highest BCUT2D eigenvalue weighted by Crippen LogP contribution is 2.29. The number of alkyl halides is 3. The zero-order chi connectivity index (χ0) is 24.5. The summed E-state index contributed by atoms with van der Waals surface area (Å²) in [7, 11) is -1.75. The van der Waals surface area contributed by atoms with Gasteiger partial charge in [-0.3, -0.25) is 5.41 Å². The van der Waals surface area contributed by atoms with Crippen molar-refractivity contribution in [3.05, 3.63) is 59.7 Å². The van der Waals surface area contributed by atoms with Crippen molar-refractivity contribution < 1.29 is 9.16 Å². The van der Waals surface area contributed by atoms with Gasteiger partial charge in [-0.25, -0.2) is 0 Å². The number of aryl methyl sites for hydroxylation is 2. The lowest BCUT2D eigenvalue weighted by Gasteiger charge is -2.33. The van der Waals surface area contributed by atoms with Gasteiger partial charge in [-0.2, -0.15) is 0 Å². The van der Waals surface area contributed by atoms with E-state index in [0.29, 0.717) is 0 Å². The zero-order valence-electron chi connectivity index (χ0n) is 20.1. The highest BCUT2D eigenvalue weighted by atomic mass is 35.6. The molecule has 0 amide bonds. The van der Waals surface area contributed by atoms with Crippen LogP contribution in [0.25, 0.3) is 10.8 Å². The van der Waals surface area contributed by atoms with Gasteiger partial charge in [0.05, 0.1) is 0 Å². The molecular formula is C26H36Cl3NO2Si. The van der Waals surface area contributed by atoms with Crippen LogP contribution in [0.3, 0.4) is 0 Å². The van der Waals surface area contributed by atoms with Crippen LogP contribution in [0.4, 0.5) is 0 Å². The van der Waals surface area contributed by atoms with E-state index in [2.05, 4.69) is 70.2 Å². The summed E-state index contributed by atoms with van der Waals surface area (Å²) in [5.74, 6) is -0.370. The van der Waals surface area contributed by atoms with Crippen LogP contribution in [-0.2, 0) is 15.6 Å². The van der Waals surface area contributed by atoms with Crippen LogP contribution in [-0.4, -0.2) is 30.7 Å². The Kier molecular flexibility index (Phi) is 11.2.